The molecule has 94 valence electrons. The van der Waals surface area contributed by atoms with Crippen molar-refractivity contribution in [1.29, 1.82) is 0 Å². The molecule has 1 aliphatic heterocycles. The van der Waals surface area contributed by atoms with Crippen LogP contribution in [0.5, 0.6) is 0 Å². The van der Waals surface area contributed by atoms with Gasteiger partial charge in [0.1, 0.15) is 0 Å². The minimum absolute atomic E-state index is 0.126. The Morgan fingerprint density at radius 3 is 2.62 bits per heavy atom. The van der Waals surface area contributed by atoms with Gasteiger partial charge in [0.2, 0.25) is 5.91 Å². The van der Waals surface area contributed by atoms with Gasteiger partial charge in [-0.15, -0.1) is 0 Å². The molecule has 4 nitrogen and oxygen atoms in total. The molecule has 2 atom stereocenters. The first kappa shape index (κ1) is 13.5. The van der Waals surface area contributed by atoms with Gasteiger partial charge in [0.05, 0.1) is 12.0 Å². The van der Waals surface area contributed by atoms with Crippen LogP contribution >= 0.6 is 0 Å². The molecule has 1 amide bonds. The summed E-state index contributed by atoms with van der Waals surface area (Å²) in [6.45, 7) is 8.38. The summed E-state index contributed by atoms with van der Waals surface area (Å²) in [7, 11) is 1.65. The van der Waals surface area contributed by atoms with Crippen LogP contribution in [0.4, 0.5) is 0 Å². The third-order valence-corrected chi connectivity index (χ3v) is 3.50. The molecule has 0 radical (unpaired) electrons. The molecule has 1 heterocycles. The van der Waals surface area contributed by atoms with Gasteiger partial charge < -0.3 is 15.4 Å². The van der Waals surface area contributed by atoms with Crippen LogP contribution in [0.2, 0.25) is 0 Å². The van der Waals surface area contributed by atoms with Crippen molar-refractivity contribution in [2.24, 2.45) is 11.3 Å². The summed E-state index contributed by atoms with van der Waals surface area (Å²) in [4.78, 5) is 12.2. The number of hydrogen-bond acceptors (Lipinski definition) is 3. The Balaban J connectivity index is 2.61. The Hall–Kier alpha value is -0.610. The van der Waals surface area contributed by atoms with E-state index in [1.54, 1.807) is 7.11 Å². The fourth-order valence-electron chi connectivity index (χ4n) is 1.93. The largest absolute Gasteiger partial charge is 0.384 e. The molecule has 1 fully saturated rings. The zero-order valence-corrected chi connectivity index (χ0v) is 10.8. The second-order valence-corrected chi connectivity index (χ2v) is 5.15. The van der Waals surface area contributed by atoms with Crippen molar-refractivity contribution in [3.05, 3.63) is 0 Å². The Labute approximate surface area is 98.1 Å². The molecule has 1 aliphatic rings. The SMILES string of the molecule is COCC1(C(=O)NC(C)C(C)C)CCNC1. The maximum Gasteiger partial charge on any atom is 0.230 e. The van der Waals surface area contributed by atoms with Gasteiger partial charge in [0.25, 0.3) is 0 Å². The van der Waals surface area contributed by atoms with Crippen molar-refractivity contribution in [3.63, 3.8) is 0 Å². The number of amides is 1. The van der Waals surface area contributed by atoms with Crippen LogP contribution in [-0.4, -0.2) is 38.8 Å². The highest BCUT2D eigenvalue weighted by Gasteiger charge is 2.41. The number of rotatable bonds is 5. The van der Waals surface area contributed by atoms with E-state index in [1.807, 2.05) is 6.92 Å². The molecule has 0 aliphatic carbocycles. The molecule has 0 aromatic heterocycles. The van der Waals surface area contributed by atoms with Crippen molar-refractivity contribution in [2.45, 2.75) is 33.2 Å². The smallest absolute Gasteiger partial charge is 0.230 e. The highest BCUT2D eigenvalue weighted by Crippen LogP contribution is 2.26. The molecule has 4 heteroatoms. The number of hydrogen-bond donors (Lipinski definition) is 2. The highest BCUT2D eigenvalue weighted by molar-refractivity contribution is 5.83. The third-order valence-electron chi connectivity index (χ3n) is 3.50. The molecular formula is C12H24N2O2. The molecular weight excluding hydrogens is 204 g/mol. The van der Waals surface area contributed by atoms with Crippen LogP contribution in [0.15, 0.2) is 0 Å². The first-order chi connectivity index (χ1) is 7.52. The van der Waals surface area contributed by atoms with Crippen LogP contribution in [0.1, 0.15) is 27.2 Å². The van der Waals surface area contributed by atoms with Gasteiger partial charge in [-0.3, -0.25) is 4.79 Å². The normalized spacial score (nSPS) is 27.1. The Morgan fingerprint density at radius 2 is 2.19 bits per heavy atom. The van der Waals surface area contributed by atoms with E-state index in [0.29, 0.717) is 12.5 Å². The lowest BCUT2D eigenvalue weighted by atomic mass is 9.86. The minimum atomic E-state index is -0.363. The molecule has 0 aromatic rings. The van der Waals surface area contributed by atoms with E-state index in [0.717, 1.165) is 19.5 Å². The van der Waals surface area contributed by atoms with Gasteiger partial charge in [-0.05, 0) is 25.8 Å². The zero-order valence-electron chi connectivity index (χ0n) is 10.8. The summed E-state index contributed by atoms with van der Waals surface area (Å²) < 4.78 is 5.19. The summed E-state index contributed by atoms with van der Waals surface area (Å²) in [5.74, 6) is 0.582. The summed E-state index contributed by atoms with van der Waals surface area (Å²) >= 11 is 0. The maximum atomic E-state index is 12.2. The van der Waals surface area contributed by atoms with Crippen LogP contribution in [0.25, 0.3) is 0 Å². The lowest BCUT2D eigenvalue weighted by molar-refractivity contribution is -0.133. The zero-order chi connectivity index (χ0) is 12.2. The first-order valence-electron chi connectivity index (χ1n) is 6.02. The third kappa shape index (κ3) is 2.95. The van der Waals surface area contributed by atoms with Crippen molar-refractivity contribution in [1.82, 2.24) is 10.6 Å². The Kier molecular flexibility index (Phi) is 4.74. The lowest BCUT2D eigenvalue weighted by Gasteiger charge is -2.29. The quantitative estimate of drug-likeness (QED) is 0.731. The molecule has 0 bridgehead atoms. The Bertz CT molecular complexity index is 235. The molecule has 0 aromatic carbocycles. The van der Waals surface area contributed by atoms with Crippen molar-refractivity contribution in [3.8, 4) is 0 Å². The second-order valence-electron chi connectivity index (χ2n) is 5.15. The summed E-state index contributed by atoms with van der Waals surface area (Å²) in [6.07, 6.45) is 0.859. The standard InChI is InChI=1S/C12H24N2O2/c1-9(2)10(3)14-11(15)12(8-16-4)5-6-13-7-12/h9-10,13H,5-8H2,1-4H3,(H,14,15). The Morgan fingerprint density at radius 1 is 1.50 bits per heavy atom. The predicted octanol–water partition coefficient (Wildman–Crippen LogP) is 0.773. The average molecular weight is 228 g/mol. The van der Waals surface area contributed by atoms with Gasteiger partial charge in [-0.2, -0.15) is 0 Å². The van der Waals surface area contributed by atoms with E-state index in [-0.39, 0.29) is 17.4 Å². The van der Waals surface area contributed by atoms with Crippen molar-refractivity contribution in [2.75, 3.05) is 26.8 Å². The van der Waals surface area contributed by atoms with E-state index < -0.39 is 0 Å². The van der Waals surface area contributed by atoms with Crippen molar-refractivity contribution < 1.29 is 9.53 Å². The molecule has 2 N–H and O–H groups in total. The van der Waals surface area contributed by atoms with E-state index in [4.69, 9.17) is 4.74 Å². The fourth-order valence-corrected chi connectivity index (χ4v) is 1.93. The number of carbonyl (C=O) groups excluding carboxylic acids is 1. The molecule has 1 saturated heterocycles. The van der Waals surface area contributed by atoms with E-state index in [2.05, 4.69) is 24.5 Å². The van der Waals surface area contributed by atoms with Crippen molar-refractivity contribution >= 4 is 5.91 Å². The van der Waals surface area contributed by atoms with Crippen LogP contribution < -0.4 is 10.6 Å². The van der Waals surface area contributed by atoms with E-state index in [9.17, 15) is 4.79 Å². The summed E-state index contributed by atoms with van der Waals surface area (Å²) in [5.41, 5.74) is -0.363. The second kappa shape index (κ2) is 5.64. The molecule has 0 spiro atoms. The van der Waals surface area contributed by atoms with Gasteiger partial charge in [0.15, 0.2) is 0 Å². The van der Waals surface area contributed by atoms with Gasteiger partial charge >= 0.3 is 0 Å². The molecule has 16 heavy (non-hydrogen) atoms. The number of carbonyl (C=O) groups is 1. The van der Waals surface area contributed by atoms with Crippen LogP contribution in [-0.2, 0) is 9.53 Å². The predicted molar refractivity (Wildman–Crippen MR) is 64.2 cm³/mol. The van der Waals surface area contributed by atoms with Gasteiger partial charge in [-0.25, -0.2) is 0 Å². The first-order valence-corrected chi connectivity index (χ1v) is 6.02. The van der Waals surface area contributed by atoms with E-state index >= 15 is 0 Å². The molecule has 1 rings (SSSR count). The lowest BCUT2D eigenvalue weighted by Crippen LogP contribution is -2.49. The highest BCUT2D eigenvalue weighted by atomic mass is 16.5. The summed E-state index contributed by atoms with van der Waals surface area (Å²) in [6, 6.07) is 0.210. The minimum Gasteiger partial charge on any atom is -0.384 e. The van der Waals surface area contributed by atoms with Crippen LogP contribution in [0, 0.1) is 11.3 Å². The number of nitrogens with one attached hydrogen (secondary N) is 2. The topological polar surface area (TPSA) is 50.4 Å². The van der Waals surface area contributed by atoms with E-state index in [1.165, 1.54) is 0 Å². The average Bonchev–Trinajstić information content (AvgIpc) is 2.68. The number of methoxy groups -OCH3 is 1. The number of ether oxygens (including phenoxy) is 1. The van der Waals surface area contributed by atoms with Crippen LogP contribution in [0.3, 0.4) is 0 Å². The molecule has 0 saturated carbocycles. The van der Waals surface area contributed by atoms with Gasteiger partial charge in [-0.1, -0.05) is 13.8 Å². The fraction of sp³-hybridized carbons (Fsp3) is 0.917. The summed E-state index contributed by atoms with van der Waals surface area (Å²) in [5, 5.41) is 6.33. The molecule has 2 unspecified atom stereocenters. The maximum absolute atomic E-state index is 12.2. The monoisotopic (exact) mass is 228 g/mol. The van der Waals surface area contributed by atoms with Gasteiger partial charge in [0, 0.05) is 19.7 Å².